The van der Waals surface area contributed by atoms with Crippen LogP contribution < -0.4 is 15.4 Å². The Morgan fingerprint density at radius 2 is 1.83 bits per heavy atom. The van der Waals surface area contributed by atoms with Crippen molar-refractivity contribution in [2.75, 3.05) is 12.4 Å². The Labute approximate surface area is 135 Å². The van der Waals surface area contributed by atoms with Crippen LogP contribution in [-0.2, 0) is 9.59 Å². The lowest BCUT2D eigenvalue weighted by Crippen LogP contribution is -2.29. The molecule has 0 aliphatic carbocycles. The molecule has 0 unspecified atom stereocenters. The minimum Gasteiger partial charge on any atom is -0.497 e. The number of ether oxygens (including phenoxy) is 1. The van der Waals surface area contributed by atoms with Gasteiger partial charge in [0.25, 0.3) is 0 Å². The first-order valence-corrected chi connectivity index (χ1v) is 7.34. The quantitative estimate of drug-likeness (QED) is 0.862. The van der Waals surface area contributed by atoms with Crippen molar-refractivity contribution in [1.29, 1.82) is 0 Å². The maximum absolute atomic E-state index is 12.3. The Bertz CT molecular complexity index is 671. The summed E-state index contributed by atoms with van der Waals surface area (Å²) in [4.78, 5) is 23.7. The van der Waals surface area contributed by atoms with Crippen molar-refractivity contribution < 1.29 is 14.3 Å². The van der Waals surface area contributed by atoms with E-state index in [0.29, 0.717) is 11.4 Å². The first-order chi connectivity index (χ1) is 11.1. The smallest absolute Gasteiger partial charge is 0.226 e. The van der Waals surface area contributed by atoms with E-state index in [1.807, 2.05) is 30.3 Å². The van der Waals surface area contributed by atoms with Gasteiger partial charge < -0.3 is 15.4 Å². The van der Waals surface area contributed by atoms with E-state index in [4.69, 9.17) is 4.74 Å². The average Bonchev–Trinajstić information content (AvgIpc) is 2.54. The zero-order valence-corrected chi connectivity index (χ0v) is 13.2. The Kier molecular flexibility index (Phi) is 5.74. The molecule has 0 spiro atoms. The van der Waals surface area contributed by atoms with Gasteiger partial charge in [-0.15, -0.1) is 0 Å². The van der Waals surface area contributed by atoms with Gasteiger partial charge in [0.15, 0.2) is 0 Å². The molecule has 5 heteroatoms. The van der Waals surface area contributed by atoms with Crippen molar-refractivity contribution in [1.82, 2.24) is 5.32 Å². The summed E-state index contributed by atoms with van der Waals surface area (Å²) in [5, 5.41) is 5.63. The topological polar surface area (TPSA) is 67.4 Å². The van der Waals surface area contributed by atoms with Crippen LogP contribution in [-0.4, -0.2) is 18.9 Å². The van der Waals surface area contributed by atoms with Crippen molar-refractivity contribution in [2.24, 2.45) is 0 Å². The molecule has 2 N–H and O–H groups in total. The van der Waals surface area contributed by atoms with Gasteiger partial charge in [-0.1, -0.05) is 36.4 Å². The van der Waals surface area contributed by atoms with Crippen LogP contribution in [0.1, 0.15) is 24.9 Å². The summed E-state index contributed by atoms with van der Waals surface area (Å²) in [6.07, 6.45) is 0.154. The average molecular weight is 312 g/mol. The van der Waals surface area contributed by atoms with Gasteiger partial charge >= 0.3 is 0 Å². The van der Waals surface area contributed by atoms with Crippen LogP contribution in [0.25, 0.3) is 0 Å². The molecular formula is C18H20N2O3. The van der Waals surface area contributed by atoms with E-state index in [9.17, 15) is 9.59 Å². The van der Waals surface area contributed by atoms with Gasteiger partial charge in [0.1, 0.15) is 5.75 Å². The highest BCUT2D eigenvalue weighted by Crippen LogP contribution is 2.20. The van der Waals surface area contributed by atoms with Gasteiger partial charge in [-0.2, -0.15) is 0 Å². The van der Waals surface area contributed by atoms with Crippen LogP contribution in [0.5, 0.6) is 5.75 Å². The molecule has 23 heavy (non-hydrogen) atoms. The molecule has 120 valence electrons. The molecule has 0 fully saturated rings. The second-order valence-corrected chi connectivity index (χ2v) is 5.15. The number of hydrogen-bond donors (Lipinski definition) is 2. The normalized spacial score (nSPS) is 11.4. The molecule has 0 aliphatic rings. The van der Waals surface area contributed by atoms with Gasteiger partial charge in [-0.25, -0.2) is 0 Å². The molecule has 2 amide bonds. The number of hydrogen-bond acceptors (Lipinski definition) is 3. The zero-order chi connectivity index (χ0) is 16.7. The Balaban J connectivity index is 2.06. The molecule has 0 aliphatic heterocycles. The standard InChI is InChI=1S/C18H20N2O3/c1-13(21)19-17(14-7-4-3-5-8-14)12-18(22)20-15-9-6-10-16(11-15)23-2/h3-11,17H,12H2,1-2H3,(H,19,21)(H,20,22)/t17-/m0/s1. The maximum atomic E-state index is 12.3. The molecule has 5 nitrogen and oxygen atoms in total. The maximum Gasteiger partial charge on any atom is 0.226 e. The Morgan fingerprint density at radius 3 is 2.48 bits per heavy atom. The number of carbonyl (C=O) groups is 2. The van der Waals surface area contributed by atoms with E-state index >= 15 is 0 Å². The lowest BCUT2D eigenvalue weighted by molar-refractivity contribution is -0.120. The summed E-state index contributed by atoms with van der Waals surface area (Å²) in [6, 6.07) is 16.2. The van der Waals surface area contributed by atoms with Gasteiger partial charge in [0, 0.05) is 18.7 Å². The largest absolute Gasteiger partial charge is 0.497 e. The number of anilines is 1. The van der Waals surface area contributed by atoms with E-state index in [-0.39, 0.29) is 24.3 Å². The highest BCUT2D eigenvalue weighted by Gasteiger charge is 2.17. The van der Waals surface area contributed by atoms with Crippen molar-refractivity contribution in [3.05, 3.63) is 60.2 Å². The molecule has 2 aromatic carbocycles. The predicted molar refractivity (Wildman–Crippen MR) is 89.2 cm³/mol. The fourth-order valence-corrected chi connectivity index (χ4v) is 2.28. The Hall–Kier alpha value is -2.82. The van der Waals surface area contributed by atoms with E-state index in [2.05, 4.69) is 10.6 Å². The lowest BCUT2D eigenvalue weighted by atomic mass is 10.0. The summed E-state index contributed by atoms with van der Waals surface area (Å²) in [5.74, 6) is 0.318. The summed E-state index contributed by atoms with van der Waals surface area (Å²) >= 11 is 0. The summed E-state index contributed by atoms with van der Waals surface area (Å²) in [7, 11) is 1.57. The van der Waals surface area contributed by atoms with E-state index in [1.165, 1.54) is 6.92 Å². The fraction of sp³-hybridized carbons (Fsp3) is 0.222. The van der Waals surface area contributed by atoms with Crippen molar-refractivity contribution in [3.8, 4) is 5.75 Å². The van der Waals surface area contributed by atoms with Crippen LogP contribution in [0, 0.1) is 0 Å². The van der Waals surface area contributed by atoms with Crippen LogP contribution >= 0.6 is 0 Å². The van der Waals surface area contributed by atoms with Crippen LogP contribution in [0.2, 0.25) is 0 Å². The first-order valence-electron chi connectivity index (χ1n) is 7.34. The van der Waals surface area contributed by atoms with Crippen molar-refractivity contribution in [3.63, 3.8) is 0 Å². The second-order valence-electron chi connectivity index (χ2n) is 5.15. The number of benzene rings is 2. The number of methoxy groups -OCH3 is 1. The van der Waals surface area contributed by atoms with Gasteiger partial charge in [-0.05, 0) is 17.7 Å². The monoisotopic (exact) mass is 312 g/mol. The van der Waals surface area contributed by atoms with E-state index in [0.717, 1.165) is 5.56 Å². The minimum atomic E-state index is -0.362. The number of nitrogens with one attached hydrogen (secondary N) is 2. The summed E-state index contributed by atoms with van der Waals surface area (Å²) < 4.78 is 5.13. The third-order valence-electron chi connectivity index (χ3n) is 3.32. The molecule has 0 radical (unpaired) electrons. The van der Waals surface area contributed by atoms with Crippen molar-refractivity contribution >= 4 is 17.5 Å². The SMILES string of the molecule is COc1cccc(NC(=O)C[C@H](NC(C)=O)c2ccccc2)c1. The fourth-order valence-electron chi connectivity index (χ4n) is 2.28. The molecule has 0 aromatic heterocycles. The van der Waals surface area contributed by atoms with E-state index < -0.39 is 0 Å². The molecular weight excluding hydrogens is 292 g/mol. The highest BCUT2D eigenvalue weighted by atomic mass is 16.5. The molecule has 1 atom stereocenters. The minimum absolute atomic E-state index is 0.154. The number of amides is 2. The predicted octanol–water partition coefficient (Wildman–Crippen LogP) is 2.90. The molecule has 0 saturated carbocycles. The molecule has 0 heterocycles. The van der Waals surface area contributed by atoms with E-state index in [1.54, 1.807) is 31.4 Å². The molecule has 0 saturated heterocycles. The van der Waals surface area contributed by atoms with Gasteiger partial charge in [-0.3, -0.25) is 9.59 Å². The summed E-state index contributed by atoms with van der Waals surface area (Å²) in [6.45, 7) is 1.44. The third kappa shape index (κ3) is 5.14. The Morgan fingerprint density at radius 1 is 1.09 bits per heavy atom. The van der Waals surface area contributed by atoms with Gasteiger partial charge in [0.05, 0.1) is 19.6 Å². The first kappa shape index (κ1) is 16.5. The van der Waals surface area contributed by atoms with Crippen LogP contribution in [0.4, 0.5) is 5.69 Å². The van der Waals surface area contributed by atoms with Crippen LogP contribution in [0.3, 0.4) is 0 Å². The van der Waals surface area contributed by atoms with Crippen molar-refractivity contribution in [2.45, 2.75) is 19.4 Å². The zero-order valence-electron chi connectivity index (χ0n) is 13.2. The van der Waals surface area contributed by atoms with Crippen LogP contribution in [0.15, 0.2) is 54.6 Å². The molecule has 0 bridgehead atoms. The summed E-state index contributed by atoms with van der Waals surface area (Å²) in [5.41, 5.74) is 1.55. The molecule has 2 aromatic rings. The highest BCUT2D eigenvalue weighted by molar-refractivity contribution is 5.91. The number of carbonyl (C=O) groups excluding carboxylic acids is 2. The van der Waals surface area contributed by atoms with Gasteiger partial charge in [0.2, 0.25) is 11.8 Å². The second kappa shape index (κ2) is 7.98. The molecule has 2 rings (SSSR count). The lowest BCUT2D eigenvalue weighted by Gasteiger charge is -2.18. The third-order valence-corrected chi connectivity index (χ3v) is 3.32. The number of rotatable bonds is 6.